The Morgan fingerprint density at radius 2 is 1.02 bits per heavy atom. The van der Waals surface area contributed by atoms with E-state index >= 15 is 0 Å². The van der Waals surface area contributed by atoms with Gasteiger partial charge in [0.15, 0.2) is 0 Å². The third-order valence-electron chi connectivity index (χ3n) is 6.98. The maximum absolute atomic E-state index is 9.73. The Morgan fingerprint density at radius 1 is 0.450 bits per heavy atom. The van der Waals surface area contributed by atoms with E-state index in [1.54, 1.807) is 17.4 Å². The first-order valence-corrected chi connectivity index (χ1v) is 14.1. The summed E-state index contributed by atoms with van der Waals surface area (Å²) in [4.78, 5) is 4.76. The molecule has 40 heavy (non-hydrogen) atoms. The van der Waals surface area contributed by atoms with Gasteiger partial charge in [-0.25, -0.2) is 4.98 Å². The Hall–Kier alpha value is -5.32. The number of nitriles is 3. The summed E-state index contributed by atoms with van der Waals surface area (Å²) in [5.41, 5.74) is 7.78. The fraction of sp³-hybridized carbons (Fsp3) is 0. The molecule has 0 aliphatic carbocycles. The third-order valence-corrected chi connectivity index (χ3v) is 9.16. The molecule has 0 amide bonds. The molecule has 7 aromatic rings. The number of thiophene rings is 1. The van der Waals surface area contributed by atoms with Crippen LogP contribution in [0.3, 0.4) is 0 Å². The second-order valence-corrected chi connectivity index (χ2v) is 11.6. The van der Waals surface area contributed by atoms with Crippen LogP contribution < -0.4 is 0 Å². The second kappa shape index (κ2) is 9.45. The average Bonchev–Trinajstić information content (AvgIpc) is 3.61. The quantitative estimate of drug-likeness (QED) is 0.222. The first-order valence-electron chi connectivity index (χ1n) is 12.5. The molecule has 0 aliphatic rings. The zero-order valence-electron chi connectivity index (χ0n) is 20.8. The normalized spacial score (nSPS) is 10.9. The van der Waals surface area contributed by atoms with Gasteiger partial charge in [0.2, 0.25) is 0 Å². The topological polar surface area (TPSA) is 84.3 Å². The number of rotatable bonds is 3. The lowest BCUT2D eigenvalue weighted by molar-refractivity contribution is 1.44. The fourth-order valence-corrected chi connectivity index (χ4v) is 7.16. The predicted octanol–water partition coefficient (Wildman–Crippen LogP) is 9.28. The van der Waals surface area contributed by atoms with Crippen LogP contribution in [0.5, 0.6) is 0 Å². The molecule has 0 saturated heterocycles. The molecular formula is C34H16N4S2. The van der Waals surface area contributed by atoms with E-state index in [-0.39, 0.29) is 0 Å². The Kier molecular flexibility index (Phi) is 5.62. The lowest BCUT2D eigenvalue weighted by Crippen LogP contribution is -1.85. The van der Waals surface area contributed by atoms with Gasteiger partial charge in [-0.15, -0.1) is 22.7 Å². The largest absolute Gasteiger partial charge is 0.236 e. The number of hydrogen-bond donors (Lipinski definition) is 0. The SMILES string of the molecule is N#Cc1cc(-c2ccc(-c3ccc4c(c3)sc3cc(C#N)ccc34)cc2)cc(-c2nc3ccc(C#N)cc3s2)c1. The third kappa shape index (κ3) is 4.08. The Labute approximate surface area is 237 Å². The van der Waals surface area contributed by atoms with Crippen molar-refractivity contribution in [2.24, 2.45) is 0 Å². The van der Waals surface area contributed by atoms with Gasteiger partial charge in [-0.05, 0) is 76.9 Å². The molecule has 0 saturated carbocycles. The highest BCUT2D eigenvalue weighted by molar-refractivity contribution is 7.25. The zero-order chi connectivity index (χ0) is 27.2. The van der Waals surface area contributed by atoms with Crippen molar-refractivity contribution in [1.29, 1.82) is 15.8 Å². The molecule has 4 nitrogen and oxygen atoms in total. The van der Waals surface area contributed by atoms with E-state index in [9.17, 15) is 15.8 Å². The summed E-state index contributed by atoms with van der Waals surface area (Å²) in [6.45, 7) is 0. The van der Waals surface area contributed by atoms with Crippen molar-refractivity contribution in [2.75, 3.05) is 0 Å². The van der Waals surface area contributed by atoms with Gasteiger partial charge >= 0.3 is 0 Å². The summed E-state index contributed by atoms with van der Waals surface area (Å²) in [6, 6.07) is 38.8. The Balaban J connectivity index is 1.24. The molecular weight excluding hydrogens is 529 g/mol. The molecule has 0 unspecified atom stereocenters. The smallest absolute Gasteiger partial charge is 0.124 e. The van der Waals surface area contributed by atoms with Crippen LogP contribution in [0.15, 0.2) is 97.1 Å². The monoisotopic (exact) mass is 544 g/mol. The van der Waals surface area contributed by atoms with Crippen LogP contribution in [0.4, 0.5) is 0 Å². The van der Waals surface area contributed by atoms with E-state index in [4.69, 9.17) is 4.98 Å². The van der Waals surface area contributed by atoms with Crippen molar-refractivity contribution in [2.45, 2.75) is 0 Å². The molecule has 0 atom stereocenters. The molecule has 0 fully saturated rings. The maximum Gasteiger partial charge on any atom is 0.124 e. The molecule has 0 N–H and O–H groups in total. The van der Waals surface area contributed by atoms with Crippen molar-refractivity contribution >= 4 is 53.1 Å². The van der Waals surface area contributed by atoms with E-state index in [0.29, 0.717) is 16.7 Å². The molecule has 2 heterocycles. The molecule has 5 aromatic carbocycles. The molecule has 2 aromatic heterocycles. The van der Waals surface area contributed by atoms with Gasteiger partial charge in [-0.2, -0.15) is 15.8 Å². The summed E-state index contributed by atoms with van der Waals surface area (Å²) in [6.07, 6.45) is 0. The minimum atomic E-state index is 0.573. The highest BCUT2D eigenvalue weighted by Crippen LogP contribution is 2.38. The lowest BCUT2D eigenvalue weighted by atomic mass is 9.97. The fourth-order valence-electron chi connectivity index (χ4n) is 4.98. The molecule has 7 rings (SSSR count). The van der Waals surface area contributed by atoms with E-state index in [0.717, 1.165) is 47.7 Å². The Morgan fingerprint density at radius 3 is 1.75 bits per heavy atom. The van der Waals surface area contributed by atoms with Gasteiger partial charge in [0.25, 0.3) is 0 Å². The van der Waals surface area contributed by atoms with Crippen LogP contribution in [0.2, 0.25) is 0 Å². The average molecular weight is 545 g/mol. The molecule has 0 aliphatic heterocycles. The summed E-state index contributed by atoms with van der Waals surface area (Å²) < 4.78 is 3.26. The van der Waals surface area contributed by atoms with Crippen LogP contribution in [0, 0.1) is 34.0 Å². The first-order chi connectivity index (χ1) is 19.6. The zero-order valence-corrected chi connectivity index (χ0v) is 22.5. The van der Waals surface area contributed by atoms with Crippen LogP contribution in [0.25, 0.3) is 63.2 Å². The number of hydrogen-bond acceptors (Lipinski definition) is 6. The van der Waals surface area contributed by atoms with Gasteiger partial charge in [0.05, 0.1) is 45.1 Å². The number of benzene rings is 5. The molecule has 6 heteroatoms. The maximum atomic E-state index is 9.73. The predicted molar refractivity (Wildman–Crippen MR) is 163 cm³/mol. The molecule has 0 bridgehead atoms. The summed E-state index contributed by atoms with van der Waals surface area (Å²) in [5, 5.41) is 31.4. The van der Waals surface area contributed by atoms with E-state index < -0.39 is 0 Å². The highest BCUT2D eigenvalue weighted by Gasteiger charge is 2.12. The van der Waals surface area contributed by atoms with Gasteiger partial charge in [0, 0.05) is 25.7 Å². The van der Waals surface area contributed by atoms with Gasteiger partial charge in [-0.1, -0.05) is 42.5 Å². The standard InChI is InChI=1S/C34H16N4S2/c35-17-20-1-8-28-29-9-7-25(16-32(29)39-31(28)13-20)23-3-5-24(6-4-23)26-11-22(19-37)12-27(15-26)34-38-30-10-2-21(18-36)14-33(30)40-34/h1-16H. The number of fused-ring (bicyclic) bond motifs is 4. The van der Waals surface area contributed by atoms with Crippen molar-refractivity contribution in [1.82, 2.24) is 4.98 Å². The number of nitrogens with zero attached hydrogens (tertiary/aromatic N) is 4. The van der Waals surface area contributed by atoms with Crippen LogP contribution in [0.1, 0.15) is 16.7 Å². The minimum absolute atomic E-state index is 0.573. The summed E-state index contributed by atoms with van der Waals surface area (Å²) >= 11 is 3.22. The first kappa shape index (κ1) is 23.8. The van der Waals surface area contributed by atoms with Gasteiger partial charge in [0.1, 0.15) is 5.01 Å². The molecule has 0 radical (unpaired) electrons. The van der Waals surface area contributed by atoms with Gasteiger partial charge in [-0.3, -0.25) is 0 Å². The summed E-state index contributed by atoms with van der Waals surface area (Å²) in [7, 11) is 0. The van der Waals surface area contributed by atoms with Crippen LogP contribution >= 0.6 is 22.7 Å². The Bertz CT molecular complexity index is 2250. The number of aromatic nitrogens is 1. The van der Waals surface area contributed by atoms with Crippen LogP contribution in [-0.2, 0) is 0 Å². The van der Waals surface area contributed by atoms with Gasteiger partial charge < -0.3 is 0 Å². The highest BCUT2D eigenvalue weighted by atomic mass is 32.1. The molecule has 0 spiro atoms. The lowest BCUT2D eigenvalue weighted by Gasteiger charge is -2.08. The summed E-state index contributed by atoms with van der Waals surface area (Å²) in [5.74, 6) is 0. The van der Waals surface area contributed by atoms with E-state index in [1.165, 1.54) is 26.8 Å². The van der Waals surface area contributed by atoms with Crippen molar-refractivity contribution < 1.29 is 0 Å². The molecule has 184 valence electrons. The second-order valence-electron chi connectivity index (χ2n) is 9.44. The van der Waals surface area contributed by atoms with Crippen molar-refractivity contribution in [3.05, 3.63) is 114 Å². The van der Waals surface area contributed by atoms with Crippen molar-refractivity contribution in [3.63, 3.8) is 0 Å². The minimum Gasteiger partial charge on any atom is -0.236 e. The number of thiazole rings is 1. The van der Waals surface area contributed by atoms with Crippen molar-refractivity contribution in [3.8, 4) is 51.0 Å². The van der Waals surface area contributed by atoms with E-state index in [2.05, 4.69) is 66.7 Å². The van der Waals surface area contributed by atoms with E-state index in [1.807, 2.05) is 42.5 Å². The van der Waals surface area contributed by atoms with Crippen LogP contribution in [-0.4, -0.2) is 4.98 Å².